The van der Waals surface area contributed by atoms with Gasteiger partial charge in [0.05, 0.1) is 11.8 Å². The second kappa shape index (κ2) is 7.25. The van der Waals surface area contributed by atoms with Crippen molar-refractivity contribution < 1.29 is 18.0 Å². The van der Waals surface area contributed by atoms with Crippen LogP contribution in [0.5, 0.6) is 0 Å². The van der Waals surface area contributed by atoms with E-state index in [0.717, 1.165) is 23.4 Å². The van der Waals surface area contributed by atoms with Crippen LogP contribution in [0.25, 0.3) is 11.3 Å². The number of halogens is 2. The molecule has 0 saturated carbocycles. The summed E-state index contributed by atoms with van der Waals surface area (Å²) in [6.45, 7) is 1.90. The minimum Gasteiger partial charge on any atom is -0.441 e. The van der Waals surface area contributed by atoms with Crippen LogP contribution in [0.4, 0.5) is 14.5 Å². The molecule has 0 unspecified atom stereocenters. The quantitative estimate of drug-likeness (QED) is 0.743. The molecule has 25 heavy (non-hydrogen) atoms. The maximum atomic E-state index is 13.7. The number of nitrogens with one attached hydrogen (secondary N) is 1. The minimum atomic E-state index is -0.722. The monoisotopic (exact) mass is 342 g/mol. The molecule has 2 aromatic carbocycles. The van der Waals surface area contributed by atoms with Crippen molar-refractivity contribution in [3.05, 3.63) is 71.8 Å². The second-order valence-electron chi connectivity index (χ2n) is 5.58. The van der Waals surface area contributed by atoms with Crippen LogP contribution in [0.15, 0.2) is 53.1 Å². The molecule has 0 aliphatic heterocycles. The predicted octanol–water partition coefficient (Wildman–Crippen LogP) is 4.50. The van der Waals surface area contributed by atoms with Crippen LogP contribution >= 0.6 is 0 Å². The number of amides is 1. The first-order valence-corrected chi connectivity index (χ1v) is 7.79. The van der Waals surface area contributed by atoms with Crippen molar-refractivity contribution in [1.29, 1.82) is 0 Å². The first kappa shape index (κ1) is 16.8. The highest BCUT2D eigenvalue weighted by molar-refractivity contribution is 5.91. The van der Waals surface area contributed by atoms with Crippen LogP contribution in [0.1, 0.15) is 17.9 Å². The Hall–Kier alpha value is -3.02. The van der Waals surface area contributed by atoms with Gasteiger partial charge in [0, 0.05) is 18.5 Å². The van der Waals surface area contributed by atoms with Gasteiger partial charge >= 0.3 is 0 Å². The third-order valence-corrected chi connectivity index (χ3v) is 3.75. The summed E-state index contributed by atoms with van der Waals surface area (Å²) in [6, 6.07) is 11.0. The molecule has 0 fully saturated rings. The molecule has 1 aromatic heterocycles. The number of carbonyl (C=O) groups is 1. The molecule has 0 saturated heterocycles. The highest BCUT2D eigenvalue weighted by Crippen LogP contribution is 2.26. The van der Waals surface area contributed by atoms with E-state index in [1.165, 1.54) is 12.3 Å². The van der Waals surface area contributed by atoms with Gasteiger partial charge in [0.2, 0.25) is 5.91 Å². The normalized spacial score (nSPS) is 10.7. The lowest BCUT2D eigenvalue weighted by Crippen LogP contribution is -2.13. The van der Waals surface area contributed by atoms with Gasteiger partial charge in [-0.25, -0.2) is 13.8 Å². The average molecular weight is 342 g/mol. The second-order valence-corrected chi connectivity index (χ2v) is 5.58. The molecule has 6 heteroatoms. The van der Waals surface area contributed by atoms with Crippen molar-refractivity contribution in [2.24, 2.45) is 0 Å². The molecule has 0 bridgehead atoms. The number of nitrogens with zero attached hydrogens (tertiary/aromatic N) is 1. The van der Waals surface area contributed by atoms with Gasteiger partial charge < -0.3 is 9.73 Å². The number of benzene rings is 2. The highest BCUT2D eigenvalue weighted by Gasteiger charge is 2.16. The summed E-state index contributed by atoms with van der Waals surface area (Å²) in [6.07, 6.45) is 1.64. The Morgan fingerprint density at radius 2 is 1.84 bits per heavy atom. The summed E-state index contributed by atoms with van der Waals surface area (Å²) in [4.78, 5) is 16.0. The Morgan fingerprint density at radius 1 is 1.12 bits per heavy atom. The maximum absolute atomic E-state index is 13.7. The number of para-hydroxylation sites is 1. The summed E-state index contributed by atoms with van der Waals surface area (Å²) in [5, 5.41) is 2.81. The number of aromatic nitrogens is 1. The van der Waals surface area contributed by atoms with Crippen LogP contribution in [0.3, 0.4) is 0 Å². The van der Waals surface area contributed by atoms with E-state index in [0.29, 0.717) is 0 Å². The fourth-order valence-corrected chi connectivity index (χ4v) is 2.42. The van der Waals surface area contributed by atoms with E-state index in [1.54, 1.807) is 0 Å². The van der Waals surface area contributed by atoms with E-state index >= 15 is 0 Å². The summed E-state index contributed by atoms with van der Waals surface area (Å²) >= 11 is 0. The number of hydrogen-bond donors (Lipinski definition) is 1. The van der Waals surface area contributed by atoms with E-state index in [4.69, 9.17) is 4.42 Å². The van der Waals surface area contributed by atoms with Crippen LogP contribution in [-0.2, 0) is 11.2 Å². The molecule has 0 radical (unpaired) electrons. The smallest absolute Gasteiger partial charge is 0.224 e. The number of anilines is 1. The van der Waals surface area contributed by atoms with Crippen molar-refractivity contribution in [2.75, 3.05) is 5.32 Å². The third kappa shape index (κ3) is 3.91. The summed E-state index contributed by atoms with van der Waals surface area (Å²) in [7, 11) is 0. The number of aryl methyl sites for hydroxylation is 2. The van der Waals surface area contributed by atoms with Crippen molar-refractivity contribution >= 4 is 11.6 Å². The van der Waals surface area contributed by atoms with Gasteiger partial charge in [-0.2, -0.15) is 0 Å². The molecule has 4 nitrogen and oxygen atoms in total. The van der Waals surface area contributed by atoms with Gasteiger partial charge in [0.25, 0.3) is 0 Å². The van der Waals surface area contributed by atoms with E-state index in [9.17, 15) is 13.6 Å². The van der Waals surface area contributed by atoms with Gasteiger partial charge in [-0.1, -0.05) is 24.3 Å². The number of rotatable bonds is 5. The average Bonchev–Trinajstić information content (AvgIpc) is 3.04. The molecule has 1 amide bonds. The first-order chi connectivity index (χ1) is 12.0. The molecular weight excluding hydrogens is 326 g/mol. The van der Waals surface area contributed by atoms with Crippen LogP contribution in [0.2, 0.25) is 0 Å². The first-order valence-electron chi connectivity index (χ1n) is 7.79. The van der Waals surface area contributed by atoms with Crippen molar-refractivity contribution in [3.63, 3.8) is 0 Å². The van der Waals surface area contributed by atoms with Gasteiger partial charge in [-0.3, -0.25) is 4.79 Å². The van der Waals surface area contributed by atoms with Crippen molar-refractivity contribution in [3.8, 4) is 11.3 Å². The Bertz CT molecular complexity index is 886. The molecule has 0 aliphatic rings. The van der Waals surface area contributed by atoms with Crippen LogP contribution in [0, 0.1) is 18.6 Å². The fourth-order valence-electron chi connectivity index (χ4n) is 2.42. The molecule has 1 N–H and O–H groups in total. The molecule has 0 aliphatic carbocycles. The predicted molar refractivity (Wildman–Crippen MR) is 90.0 cm³/mol. The largest absolute Gasteiger partial charge is 0.441 e. The van der Waals surface area contributed by atoms with Gasteiger partial charge in [0.1, 0.15) is 11.6 Å². The molecule has 128 valence electrons. The van der Waals surface area contributed by atoms with Crippen molar-refractivity contribution in [2.45, 2.75) is 19.8 Å². The summed E-state index contributed by atoms with van der Waals surface area (Å²) < 4.78 is 32.9. The zero-order valence-electron chi connectivity index (χ0n) is 13.6. The van der Waals surface area contributed by atoms with Gasteiger partial charge in [-0.15, -0.1) is 0 Å². The van der Waals surface area contributed by atoms with E-state index in [2.05, 4.69) is 10.3 Å². The van der Waals surface area contributed by atoms with E-state index in [1.807, 2.05) is 31.2 Å². The SMILES string of the molecule is Cc1ccccc1NC(=O)CCc1ncc(-c2c(F)cccc2F)o1. The number of hydrogen-bond acceptors (Lipinski definition) is 3. The van der Waals surface area contributed by atoms with E-state index < -0.39 is 11.6 Å². The minimum absolute atomic E-state index is 0.00455. The molecule has 3 rings (SSSR count). The molecule has 1 heterocycles. The molecule has 0 spiro atoms. The Balaban J connectivity index is 1.64. The topological polar surface area (TPSA) is 55.1 Å². The van der Waals surface area contributed by atoms with Crippen LogP contribution in [-0.4, -0.2) is 10.9 Å². The highest BCUT2D eigenvalue weighted by atomic mass is 19.1. The third-order valence-electron chi connectivity index (χ3n) is 3.75. The van der Waals surface area contributed by atoms with Crippen LogP contribution < -0.4 is 5.32 Å². The van der Waals surface area contributed by atoms with Gasteiger partial charge in [0.15, 0.2) is 11.7 Å². The Morgan fingerprint density at radius 3 is 2.56 bits per heavy atom. The van der Waals surface area contributed by atoms with Crippen molar-refractivity contribution in [1.82, 2.24) is 4.98 Å². The zero-order chi connectivity index (χ0) is 17.8. The lowest BCUT2D eigenvalue weighted by molar-refractivity contribution is -0.116. The molecule has 0 atom stereocenters. The summed E-state index contributed by atoms with van der Waals surface area (Å²) in [5.74, 6) is -1.38. The number of oxazole rings is 1. The van der Waals surface area contributed by atoms with Gasteiger partial charge in [-0.05, 0) is 30.7 Å². The summed E-state index contributed by atoms with van der Waals surface area (Å²) in [5.41, 5.74) is 1.45. The molecule has 3 aromatic rings. The van der Waals surface area contributed by atoms with E-state index in [-0.39, 0.29) is 36.0 Å². The number of carbonyl (C=O) groups excluding carboxylic acids is 1. The zero-order valence-corrected chi connectivity index (χ0v) is 13.6. The Kier molecular flexibility index (Phi) is 4.88. The lowest BCUT2D eigenvalue weighted by Gasteiger charge is -2.07. The lowest BCUT2D eigenvalue weighted by atomic mass is 10.1. The standard InChI is InChI=1S/C19H16F2N2O2/c1-12-5-2-3-8-15(12)23-17(24)9-10-18-22-11-16(25-18)19-13(20)6-4-7-14(19)21/h2-8,11H,9-10H2,1H3,(H,23,24). The maximum Gasteiger partial charge on any atom is 0.224 e. The Labute approximate surface area is 143 Å². The molecular formula is C19H16F2N2O2. The fraction of sp³-hybridized carbons (Fsp3) is 0.158.